The number of carbonyl (C=O) groups is 2. The molecule has 2 aromatic rings. The van der Waals surface area contributed by atoms with Crippen LogP contribution in [0.2, 0.25) is 0 Å². The van der Waals surface area contributed by atoms with E-state index in [1.165, 1.54) is 18.2 Å². The summed E-state index contributed by atoms with van der Waals surface area (Å²) in [6.07, 6.45) is 0. The van der Waals surface area contributed by atoms with E-state index < -0.39 is 17.7 Å². The normalized spacial score (nSPS) is 10.1. The van der Waals surface area contributed by atoms with E-state index in [1.807, 2.05) is 19.1 Å². The molecule has 0 aliphatic rings. The highest BCUT2D eigenvalue weighted by atomic mass is 19.1. The zero-order chi connectivity index (χ0) is 17.4. The number of rotatable bonds is 7. The van der Waals surface area contributed by atoms with Crippen molar-refractivity contribution in [3.8, 4) is 5.75 Å². The SMILES string of the molecule is CCOc1ccccc1COC(=O)CNC(=O)c1cccc(F)c1. The van der Waals surface area contributed by atoms with Crippen LogP contribution in [-0.2, 0) is 16.1 Å². The van der Waals surface area contributed by atoms with E-state index in [9.17, 15) is 14.0 Å². The zero-order valence-electron chi connectivity index (χ0n) is 13.3. The van der Waals surface area contributed by atoms with Gasteiger partial charge in [-0.1, -0.05) is 24.3 Å². The summed E-state index contributed by atoms with van der Waals surface area (Å²) in [5.74, 6) is -0.999. The predicted molar refractivity (Wildman–Crippen MR) is 86.1 cm³/mol. The Bertz CT molecular complexity index is 718. The first kappa shape index (κ1) is 17.5. The summed E-state index contributed by atoms with van der Waals surface area (Å²) in [5.41, 5.74) is 0.883. The number of hydrogen-bond donors (Lipinski definition) is 1. The van der Waals surface area contributed by atoms with Crippen molar-refractivity contribution in [1.82, 2.24) is 5.32 Å². The molecule has 1 amide bonds. The van der Waals surface area contributed by atoms with Gasteiger partial charge in [0.05, 0.1) is 6.61 Å². The highest BCUT2D eigenvalue weighted by Gasteiger charge is 2.11. The quantitative estimate of drug-likeness (QED) is 0.792. The van der Waals surface area contributed by atoms with Crippen LogP contribution in [0.15, 0.2) is 48.5 Å². The number of ether oxygens (including phenoxy) is 2. The van der Waals surface area contributed by atoms with Crippen molar-refractivity contribution in [2.24, 2.45) is 0 Å². The molecule has 0 aliphatic heterocycles. The van der Waals surface area contributed by atoms with Crippen LogP contribution in [-0.4, -0.2) is 25.0 Å². The molecule has 0 saturated carbocycles. The van der Waals surface area contributed by atoms with Gasteiger partial charge in [-0.05, 0) is 31.2 Å². The van der Waals surface area contributed by atoms with Gasteiger partial charge in [0, 0.05) is 11.1 Å². The van der Waals surface area contributed by atoms with Crippen LogP contribution in [0.4, 0.5) is 4.39 Å². The van der Waals surface area contributed by atoms with Crippen LogP contribution >= 0.6 is 0 Å². The lowest BCUT2D eigenvalue weighted by molar-refractivity contribution is -0.143. The molecule has 0 fully saturated rings. The molecule has 0 aliphatic carbocycles. The number of esters is 1. The van der Waals surface area contributed by atoms with Crippen molar-refractivity contribution in [2.45, 2.75) is 13.5 Å². The minimum atomic E-state index is -0.592. The van der Waals surface area contributed by atoms with E-state index in [0.29, 0.717) is 12.4 Å². The van der Waals surface area contributed by atoms with Crippen molar-refractivity contribution in [3.05, 3.63) is 65.5 Å². The molecule has 6 heteroatoms. The van der Waals surface area contributed by atoms with Gasteiger partial charge in [-0.2, -0.15) is 0 Å². The van der Waals surface area contributed by atoms with Crippen molar-refractivity contribution in [2.75, 3.05) is 13.2 Å². The summed E-state index contributed by atoms with van der Waals surface area (Å²) in [4.78, 5) is 23.5. The van der Waals surface area contributed by atoms with E-state index in [1.54, 1.807) is 12.1 Å². The number of halogens is 1. The van der Waals surface area contributed by atoms with Gasteiger partial charge in [0.2, 0.25) is 0 Å². The first-order chi connectivity index (χ1) is 11.6. The molecule has 0 atom stereocenters. The average molecular weight is 331 g/mol. The Hall–Kier alpha value is -2.89. The molecule has 0 aromatic heterocycles. The smallest absolute Gasteiger partial charge is 0.325 e. The van der Waals surface area contributed by atoms with Gasteiger partial charge in [0.1, 0.15) is 24.7 Å². The predicted octanol–water partition coefficient (Wildman–Crippen LogP) is 2.70. The lowest BCUT2D eigenvalue weighted by atomic mass is 10.2. The first-order valence-corrected chi connectivity index (χ1v) is 7.50. The molecule has 0 heterocycles. The Morgan fingerprint density at radius 1 is 1.12 bits per heavy atom. The zero-order valence-corrected chi connectivity index (χ0v) is 13.3. The summed E-state index contributed by atoms with van der Waals surface area (Å²) in [5, 5.41) is 2.39. The van der Waals surface area contributed by atoms with Crippen molar-refractivity contribution in [3.63, 3.8) is 0 Å². The van der Waals surface area contributed by atoms with Gasteiger partial charge in [-0.3, -0.25) is 9.59 Å². The summed E-state index contributed by atoms with van der Waals surface area (Å²) < 4.78 is 23.6. The first-order valence-electron chi connectivity index (χ1n) is 7.50. The molecular formula is C18H18FNO4. The van der Waals surface area contributed by atoms with Gasteiger partial charge in [-0.25, -0.2) is 4.39 Å². The lowest BCUT2D eigenvalue weighted by Gasteiger charge is -2.11. The number of nitrogens with one attached hydrogen (secondary N) is 1. The van der Waals surface area contributed by atoms with Crippen LogP contribution in [0.3, 0.4) is 0 Å². The minimum Gasteiger partial charge on any atom is -0.493 e. The Morgan fingerprint density at radius 3 is 2.67 bits per heavy atom. The van der Waals surface area contributed by atoms with Crippen LogP contribution in [0.25, 0.3) is 0 Å². The molecule has 5 nitrogen and oxygen atoms in total. The number of para-hydroxylation sites is 1. The topological polar surface area (TPSA) is 64.6 Å². The lowest BCUT2D eigenvalue weighted by Crippen LogP contribution is -2.30. The third-order valence-electron chi connectivity index (χ3n) is 3.14. The number of amides is 1. The second-order valence-electron chi connectivity index (χ2n) is 4.89. The molecule has 1 N–H and O–H groups in total. The van der Waals surface area contributed by atoms with E-state index in [0.717, 1.165) is 11.6 Å². The van der Waals surface area contributed by atoms with E-state index in [2.05, 4.69) is 5.32 Å². The summed E-state index contributed by atoms with van der Waals surface area (Å²) in [7, 11) is 0. The van der Waals surface area contributed by atoms with Crippen molar-refractivity contribution < 1.29 is 23.5 Å². The fraction of sp³-hybridized carbons (Fsp3) is 0.222. The fourth-order valence-electron chi connectivity index (χ4n) is 2.01. The van der Waals surface area contributed by atoms with E-state index >= 15 is 0 Å². The maximum absolute atomic E-state index is 13.1. The molecule has 0 radical (unpaired) electrons. The fourth-order valence-corrected chi connectivity index (χ4v) is 2.01. The molecule has 126 valence electrons. The number of hydrogen-bond acceptors (Lipinski definition) is 4. The summed E-state index contributed by atoms with van der Waals surface area (Å²) >= 11 is 0. The highest BCUT2D eigenvalue weighted by Crippen LogP contribution is 2.18. The molecule has 2 aromatic carbocycles. The summed E-state index contributed by atoms with van der Waals surface area (Å²) in [6, 6.07) is 12.4. The molecule has 0 unspecified atom stereocenters. The molecule has 2 rings (SSSR count). The number of carbonyl (C=O) groups excluding carboxylic acids is 2. The van der Waals surface area contributed by atoms with E-state index in [4.69, 9.17) is 9.47 Å². The molecule has 0 bridgehead atoms. The molecular weight excluding hydrogens is 313 g/mol. The summed E-state index contributed by atoms with van der Waals surface area (Å²) in [6.45, 7) is 2.12. The van der Waals surface area contributed by atoms with Gasteiger partial charge in [0.25, 0.3) is 5.91 Å². The maximum atomic E-state index is 13.1. The highest BCUT2D eigenvalue weighted by molar-refractivity contribution is 5.95. The Kier molecular flexibility index (Phi) is 6.31. The molecule has 0 saturated heterocycles. The maximum Gasteiger partial charge on any atom is 0.325 e. The van der Waals surface area contributed by atoms with Gasteiger partial charge < -0.3 is 14.8 Å². The van der Waals surface area contributed by atoms with Crippen LogP contribution < -0.4 is 10.1 Å². The Labute approximate surface area is 139 Å². The van der Waals surface area contributed by atoms with Crippen molar-refractivity contribution in [1.29, 1.82) is 0 Å². The van der Waals surface area contributed by atoms with E-state index in [-0.39, 0.29) is 18.7 Å². The van der Waals surface area contributed by atoms with Crippen LogP contribution in [0, 0.1) is 5.82 Å². The largest absolute Gasteiger partial charge is 0.493 e. The second-order valence-corrected chi connectivity index (χ2v) is 4.89. The van der Waals surface area contributed by atoms with Crippen LogP contribution in [0.5, 0.6) is 5.75 Å². The van der Waals surface area contributed by atoms with Crippen molar-refractivity contribution >= 4 is 11.9 Å². The number of benzene rings is 2. The van der Waals surface area contributed by atoms with Gasteiger partial charge >= 0.3 is 5.97 Å². The Balaban J connectivity index is 1.83. The monoisotopic (exact) mass is 331 g/mol. The van der Waals surface area contributed by atoms with Crippen LogP contribution in [0.1, 0.15) is 22.8 Å². The minimum absolute atomic E-state index is 0.0465. The third-order valence-corrected chi connectivity index (χ3v) is 3.14. The Morgan fingerprint density at radius 2 is 1.92 bits per heavy atom. The third kappa shape index (κ3) is 5.08. The average Bonchev–Trinajstić information content (AvgIpc) is 2.59. The second kappa shape index (κ2) is 8.67. The standard InChI is InChI=1S/C18H18FNO4/c1-2-23-16-9-4-3-6-14(16)12-24-17(21)11-20-18(22)13-7-5-8-15(19)10-13/h3-10H,2,11-12H2,1H3,(H,20,22). The van der Waals surface area contributed by atoms with Gasteiger partial charge in [0.15, 0.2) is 0 Å². The molecule has 0 spiro atoms. The molecule has 24 heavy (non-hydrogen) atoms. The van der Waals surface area contributed by atoms with Gasteiger partial charge in [-0.15, -0.1) is 0 Å².